The summed E-state index contributed by atoms with van der Waals surface area (Å²) in [6.07, 6.45) is 15.7. The van der Waals surface area contributed by atoms with E-state index >= 15 is 0 Å². The van der Waals surface area contributed by atoms with Crippen molar-refractivity contribution in [2.75, 3.05) is 6.54 Å². The number of aromatic nitrogens is 2. The second kappa shape index (κ2) is 9.40. The zero-order chi connectivity index (χ0) is 11.5. The lowest BCUT2D eigenvalue weighted by Gasteiger charge is -2.01. The summed E-state index contributed by atoms with van der Waals surface area (Å²) in [6, 6.07) is 0. The Morgan fingerprint density at radius 3 is 2.12 bits per heavy atom. The van der Waals surface area contributed by atoms with E-state index in [-0.39, 0.29) is 0 Å². The Balaban J connectivity index is 1.78. The van der Waals surface area contributed by atoms with Gasteiger partial charge in [0.1, 0.15) is 0 Å². The second-order valence-corrected chi connectivity index (χ2v) is 4.47. The molecule has 1 aromatic rings. The third-order valence-electron chi connectivity index (χ3n) is 2.97. The SMILES string of the molecule is NCCCCCCCCCCc1cn[nH]c1. The van der Waals surface area contributed by atoms with Crippen LogP contribution >= 0.6 is 0 Å². The summed E-state index contributed by atoms with van der Waals surface area (Å²) in [5.41, 5.74) is 6.78. The topological polar surface area (TPSA) is 54.7 Å². The molecule has 3 heteroatoms. The molecule has 1 heterocycles. The molecule has 0 unspecified atom stereocenters. The number of nitrogens with zero attached hydrogens (tertiary/aromatic N) is 1. The number of H-pyrrole nitrogens is 1. The largest absolute Gasteiger partial charge is 0.330 e. The van der Waals surface area contributed by atoms with Crippen LogP contribution in [0.25, 0.3) is 0 Å². The van der Waals surface area contributed by atoms with Crippen LogP contribution in [0, 0.1) is 0 Å². The van der Waals surface area contributed by atoms with Crippen LogP contribution in [0.3, 0.4) is 0 Å². The van der Waals surface area contributed by atoms with Crippen molar-refractivity contribution in [1.29, 1.82) is 0 Å². The first-order valence-corrected chi connectivity index (χ1v) is 6.61. The number of unbranched alkanes of at least 4 members (excludes halogenated alkanes) is 7. The van der Waals surface area contributed by atoms with Crippen LogP contribution in [0.4, 0.5) is 0 Å². The molecule has 1 aromatic heterocycles. The van der Waals surface area contributed by atoms with E-state index in [0.29, 0.717) is 0 Å². The van der Waals surface area contributed by atoms with Crippen LogP contribution in [0.2, 0.25) is 0 Å². The van der Waals surface area contributed by atoms with Gasteiger partial charge in [-0.15, -0.1) is 0 Å². The number of rotatable bonds is 10. The predicted molar refractivity (Wildman–Crippen MR) is 68.3 cm³/mol. The second-order valence-electron chi connectivity index (χ2n) is 4.47. The monoisotopic (exact) mass is 223 g/mol. The smallest absolute Gasteiger partial charge is 0.0519 e. The van der Waals surface area contributed by atoms with Crippen molar-refractivity contribution < 1.29 is 0 Å². The first-order chi connectivity index (χ1) is 7.93. The van der Waals surface area contributed by atoms with Crippen molar-refractivity contribution in [2.24, 2.45) is 5.73 Å². The molecule has 0 aromatic carbocycles. The summed E-state index contributed by atoms with van der Waals surface area (Å²) >= 11 is 0. The maximum Gasteiger partial charge on any atom is 0.0519 e. The van der Waals surface area contributed by atoms with Gasteiger partial charge in [0.25, 0.3) is 0 Å². The lowest BCUT2D eigenvalue weighted by atomic mass is 10.1. The van der Waals surface area contributed by atoms with Crippen LogP contribution in [0.5, 0.6) is 0 Å². The van der Waals surface area contributed by atoms with Gasteiger partial charge in [0.2, 0.25) is 0 Å². The van der Waals surface area contributed by atoms with Crippen molar-refractivity contribution in [3.8, 4) is 0 Å². The first-order valence-electron chi connectivity index (χ1n) is 6.61. The van der Waals surface area contributed by atoms with E-state index in [2.05, 4.69) is 10.2 Å². The predicted octanol–water partition coefficient (Wildman–Crippen LogP) is 3.03. The quantitative estimate of drug-likeness (QED) is 0.599. The van der Waals surface area contributed by atoms with Gasteiger partial charge in [-0.25, -0.2) is 0 Å². The number of nitrogens with two attached hydrogens (primary N) is 1. The summed E-state index contributed by atoms with van der Waals surface area (Å²) in [4.78, 5) is 0. The van der Waals surface area contributed by atoms with Crippen molar-refractivity contribution in [1.82, 2.24) is 10.2 Å². The fraction of sp³-hybridized carbons (Fsp3) is 0.769. The van der Waals surface area contributed by atoms with Crippen LogP contribution < -0.4 is 5.73 Å². The Morgan fingerprint density at radius 1 is 0.938 bits per heavy atom. The third kappa shape index (κ3) is 6.62. The number of nitrogens with one attached hydrogen (secondary N) is 1. The summed E-state index contributed by atoms with van der Waals surface area (Å²) in [5.74, 6) is 0. The Labute approximate surface area is 98.8 Å². The average Bonchev–Trinajstić information content (AvgIpc) is 2.80. The molecule has 0 fully saturated rings. The molecule has 3 N–H and O–H groups in total. The lowest BCUT2D eigenvalue weighted by molar-refractivity contribution is 0.570. The third-order valence-corrected chi connectivity index (χ3v) is 2.97. The molecule has 0 amide bonds. The van der Waals surface area contributed by atoms with E-state index in [9.17, 15) is 0 Å². The molecule has 0 aliphatic carbocycles. The Bertz CT molecular complexity index is 231. The fourth-order valence-electron chi connectivity index (χ4n) is 1.95. The van der Waals surface area contributed by atoms with E-state index in [1.165, 1.54) is 63.4 Å². The van der Waals surface area contributed by atoms with E-state index in [1.807, 2.05) is 12.4 Å². The molecule has 92 valence electrons. The Hall–Kier alpha value is -0.830. The van der Waals surface area contributed by atoms with E-state index in [1.54, 1.807) is 0 Å². The molecular formula is C13H25N3. The Kier molecular flexibility index (Phi) is 7.78. The molecule has 0 radical (unpaired) electrons. The minimum Gasteiger partial charge on any atom is -0.330 e. The molecule has 0 aliphatic rings. The number of hydrogen-bond acceptors (Lipinski definition) is 2. The average molecular weight is 223 g/mol. The highest BCUT2D eigenvalue weighted by Crippen LogP contribution is 2.10. The Morgan fingerprint density at radius 2 is 1.56 bits per heavy atom. The van der Waals surface area contributed by atoms with Gasteiger partial charge < -0.3 is 5.73 Å². The number of aryl methyl sites for hydroxylation is 1. The fourth-order valence-corrected chi connectivity index (χ4v) is 1.95. The van der Waals surface area contributed by atoms with Gasteiger partial charge in [0, 0.05) is 6.20 Å². The van der Waals surface area contributed by atoms with Gasteiger partial charge in [-0.3, -0.25) is 5.10 Å². The first kappa shape index (κ1) is 13.2. The zero-order valence-corrected chi connectivity index (χ0v) is 10.3. The molecule has 0 atom stereocenters. The lowest BCUT2D eigenvalue weighted by Crippen LogP contribution is -1.97. The van der Waals surface area contributed by atoms with E-state index < -0.39 is 0 Å². The van der Waals surface area contributed by atoms with Crippen molar-refractivity contribution in [3.05, 3.63) is 18.0 Å². The van der Waals surface area contributed by atoms with Gasteiger partial charge in [0.15, 0.2) is 0 Å². The van der Waals surface area contributed by atoms with Crippen molar-refractivity contribution >= 4 is 0 Å². The highest BCUT2D eigenvalue weighted by molar-refractivity contribution is 5.01. The summed E-state index contributed by atoms with van der Waals surface area (Å²) in [7, 11) is 0. The van der Waals surface area contributed by atoms with Crippen LogP contribution in [-0.2, 0) is 6.42 Å². The molecule has 0 saturated heterocycles. The zero-order valence-electron chi connectivity index (χ0n) is 10.3. The van der Waals surface area contributed by atoms with Crippen LogP contribution in [0.15, 0.2) is 12.4 Å². The maximum atomic E-state index is 5.45. The molecule has 3 nitrogen and oxygen atoms in total. The van der Waals surface area contributed by atoms with E-state index in [4.69, 9.17) is 5.73 Å². The van der Waals surface area contributed by atoms with Crippen LogP contribution in [0.1, 0.15) is 56.9 Å². The highest BCUT2D eigenvalue weighted by Gasteiger charge is 1.95. The van der Waals surface area contributed by atoms with Crippen molar-refractivity contribution in [3.63, 3.8) is 0 Å². The molecular weight excluding hydrogens is 198 g/mol. The summed E-state index contributed by atoms with van der Waals surface area (Å²) in [5, 5.41) is 6.79. The van der Waals surface area contributed by atoms with E-state index in [0.717, 1.165) is 6.54 Å². The molecule has 0 spiro atoms. The molecule has 1 rings (SSSR count). The highest BCUT2D eigenvalue weighted by atomic mass is 15.1. The number of hydrogen-bond donors (Lipinski definition) is 2. The van der Waals surface area contributed by atoms with Crippen LogP contribution in [-0.4, -0.2) is 16.7 Å². The molecule has 0 bridgehead atoms. The normalized spacial score (nSPS) is 10.8. The van der Waals surface area contributed by atoms with Gasteiger partial charge in [0.05, 0.1) is 6.20 Å². The minimum absolute atomic E-state index is 0.852. The molecule has 0 saturated carbocycles. The number of aromatic amines is 1. The minimum atomic E-state index is 0.852. The van der Waals surface area contributed by atoms with Gasteiger partial charge in [-0.2, -0.15) is 5.10 Å². The van der Waals surface area contributed by atoms with Crippen molar-refractivity contribution in [2.45, 2.75) is 57.8 Å². The van der Waals surface area contributed by atoms with Gasteiger partial charge in [-0.1, -0.05) is 38.5 Å². The summed E-state index contributed by atoms with van der Waals surface area (Å²) < 4.78 is 0. The molecule has 16 heavy (non-hydrogen) atoms. The standard InChI is InChI=1S/C13H25N3/c14-10-8-6-4-2-1-3-5-7-9-13-11-15-16-12-13/h11-12H,1-10,14H2,(H,15,16). The van der Waals surface area contributed by atoms with Gasteiger partial charge in [-0.05, 0) is 31.4 Å². The maximum absolute atomic E-state index is 5.45. The molecule has 0 aliphatic heterocycles. The van der Waals surface area contributed by atoms with Gasteiger partial charge >= 0.3 is 0 Å². The summed E-state index contributed by atoms with van der Waals surface area (Å²) in [6.45, 7) is 0.852.